The fraction of sp³-hybridized carbons (Fsp3) is 0.0870. The molecule has 2 aromatic heterocycles. The molecule has 0 unspecified atom stereocenters. The van der Waals surface area contributed by atoms with E-state index in [1.165, 1.54) is 25.3 Å². The van der Waals surface area contributed by atoms with Gasteiger partial charge in [-0.1, -0.05) is 21.9 Å². The lowest BCUT2D eigenvalue weighted by atomic mass is 10.1. The minimum absolute atomic E-state index is 0.00181. The molecule has 2 aromatic carbocycles. The van der Waals surface area contributed by atoms with Gasteiger partial charge in [0.2, 0.25) is 0 Å². The van der Waals surface area contributed by atoms with Crippen LogP contribution in [-0.2, 0) is 6.18 Å². The number of amides is 1. The predicted molar refractivity (Wildman–Crippen MR) is 119 cm³/mol. The molecule has 1 N–H and O–H groups in total. The first-order valence-corrected chi connectivity index (χ1v) is 10.2. The number of hydrogen-bond acceptors (Lipinski definition) is 4. The summed E-state index contributed by atoms with van der Waals surface area (Å²) in [6.07, 6.45) is -1.36. The Morgan fingerprint density at radius 2 is 1.97 bits per heavy atom. The fourth-order valence-corrected chi connectivity index (χ4v) is 3.51. The van der Waals surface area contributed by atoms with Crippen LogP contribution >= 0.6 is 15.9 Å². The van der Waals surface area contributed by atoms with Gasteiger partial charge in [-0.3, -0.25) is 4.79 Å². The molecule has 2 heterocycles. The molecule has 0 radical (unpaired) electrons. The van der Waals surface area contributed by atoms with Crippen LogP contribution in [0.25, 0.3) is 5.65 Å². The highest BCUT2D eigenvalue weighted by Crippen LogP contribution is 2.33. The number of rotatable bonds is 3. The lowest BCUT2D eigenvalue weighted by Crippen LogP contribution is -2.13. The molecule has 0 bridgehead atoms. The maximum absolute atomic E-state index is 13.1. The van der Waals surface area contributed by atoms with Crippen molar-refractivity contribution in [2.24, 2.45) is 0 Å². The lowest BCUT2D eigenvalue weighted by molar-refractivity contribution is -0.137. The van der Waals surface area contributed by atoms with Crippen molar-refractivity contribution in [1.82, 2.24) is 14.6 Å². The number of alkyl halides is 3. The van der Waals surface area contributed by atoms with Gasteiger partial charge in [0.05, 0.1) is 24.4 Å². The third-order valence-electron chi connectivity index (χ3n) is 4.55. The van der Waals surface area contributed by atoms with Crippen molar-refractivity contribution in [3.8, 4) is 17.6 Å². The van der Waals surface area contributed by atoms with E-state index >= 15 is 0 Å². The minimum atomic E-state index is -4.54. The number of methoxy groups -OCH3 is 1. The Balaban J connectivity index is 1.64. The van der Waals surface area contributed by atoms with Crippen LogP contribution in [-0.4, -0.2) is 27.6 Å². The highest BCUT2D eigenvalue weighted by molar-refractivity contribution is 9.10. The van der Waals surface area contributed by atoms with Crippen LogP contribution in [0.5, 0.6) is 5.75 Å². The van der Waals surface area contributed by atoms with Crippen molar-refractivity contribution in [3.63, 3.8) is 0 Å². The third kappa shape index (κ3) is 4.99. The van der Waals surface area contributed by atoms with Gasteiger partial charge >= 0.3 is 6.18 Å². The van der Waals surface area contributed by atoms with Gasteiger partial charge in [0.25, 0.3) is 5.91 Å². The number of halogens is 4. The molecule has 0 aliphatic rings. The predicted octanol–water partition coefficient (Wildman–Crippen LogP) is 5.17. The second-order valence-electron chi connectivity index (χ2n) is 6.78. The summed E-state index contributed by atoms with van der Waals surface area (Å²) in [4.78, 5) is 16.9. The Labute approximate surface area is 194 Å². The lowest BCUT2D eigenvalue weighted by Gasteiger charge is -2.12. The second kappa shape index (κ2) is 8.96. The normalized spacial score (nSPS) is 11.1. The van der Waals surface area contributed by atoms with Crippen LogP contribution in [0.2, 0.25) is 0 Å². The van der Waals surface area contributed by atoms with Crippen LogP contribution in [0, 0.1) is 11.8 Å². The monoisotopic (exact) mass is 514 g/mol. The van der Waals surface area contributed by atoms with Crippen molar-refractivity contribution in [2.75, 3.05) is 12.4 Å². The summed E-state index contributed by atoms with van der Waals surface area (Å²) in [5.74, 6) is 5.73. The summed E-state index contributed by atoms with van der Waals surface area (Å²) in [5.41, 5.74) is 0.911. The van der Waals surface area contributed by atoms with E-state index in [9.17, 15) is 18.0 Å². The second-order valence-corrected chi connectivity index (χ2v) is 7.70. The van der Waals surface area contributed by atoms with Crippen LogP contribution in [0.3, 0.4) is 0 Å². The Hall–Kier alpha value is -3.84. The number of carbonyl (C=O) groups excluding carboxylic acids is 1. The maximum atomic E-state index is 13.1. The van der Waals surface area contributed by atoms with Crippen LogP contribution < -0.4 is 10.1 Å². The standard InChI is InChI=1S/C23H14BrF3N4O2/c1-33-20-7-5-15(22(32)30-18-11-16(23(25,26)27)10-17(24)12-18)9-14(20)4-6-19-13-28-21-3-2-8-29-31(19)21/h2-3,5,7-13H,1H3,(H,30,32). The van der Waals surface area contributed by atoms with Gasteiger partial charge in [0, 0.05) is 21.9 Å². The molecule has 4 rings (SSSR count). The van der Waals surface area contributed by atoms with Crippen molar-refractivity contribution in [1.29, 1.82) is 0 Å². The number of nitrogens with zero attached hydrogens (tertiary/aromatic N) is 3. The van der Waals surface area contributed by atoms with Crippen molar-refractivity contribution in [2.45, 2.75) is 6.18 Å². The average Bonchev–Trinajstić information content (AvgIpc) is 3.19. The van der Waals surface area contributed by atoms with E-state index in [0.29, 0.717) is 22.7 Å². The van der Waals surface area contributed by atoms with E-state index in [1.54, 1.807) is 35.1 Å². The SMILES string of the molecule is COc1ccc(C(=O)Nc2cc(Br)cc(C(F)(F)F)c2)cc1C#Cc1cnc2cccnn12. The Morgan fingerprint density at radius 3 is 2.73 bits per heavy atom. The number of benzene rings is 2. The highest BCUT2D eigenvalue weighted by atomic mass is 79.9. The molecule has 166 valence electrons. The van der Waals surface area contributed by atoms with E-state index < -0.39 is 17.6 Å². The van der Waals surface area contributed by atoms with Gasteiger partial charge in [-0.15, -0.1) is 0 Å². The van der Waals surface area contributed by atoms with Gasteiger partial charge in [0.1, 0.15) is 11.4 Å². The maximum Gasteiger partial charge on any atom is 0.416 e. The fourth-order valence-electron chi connectivity index (χ4n) is 3.02. The number of aromatic nitrogens is 3. The number of imidazole rings is 1. The van der Waals surface area contributed by atoms with Crippen LogP contribution in [0.1, 0.15) is 27.2 Å². The Kier molecular flexibility index (Phi) is 6.07. The van der Waals surface area contributed by atoms with Gasteiger partial charge in [0.15, 0.2) is 5.65 Å². The van der Waals surface area contributed by atoms with Gasteiger partial charge in [-0.05, 0) is 54.5 Å². The molecule has 4 aromatic rings. The van der Waals surface area contributed by atoms with Gasteiger partial charge in [-0.25, -0.2) is 9.50 Å². The number of nitrogens with one attached hydrogen (secondary N) is 1. The molecule has 6 nitrogen and oxygen atoms in total. The van der Waals surface area contributed by atoms with Crippen LogP contribution in [0.4, 0.5) is 18.9 Å². The molecule has 0 saturated heterocycles. The molecular weight excluding hydrogens is 501 g/mol. The number of carbonyl (C=O) groups is 1. The largest absolute Gasteiger partial charge is 0.495 e. The summed E-state index contributed by atoms with van der Waals surface area (Å²) < 4.78 is 46.3. The van der Waals surface area contributed by atoms with Crippen molar-refractivity contribution in [3.05, 3.63) is 87.8 Å². The Morgan fingerprint density at radius 1 is 1.15 bits per heavy atom. The van der Waals surface area contributed by atoms with Gasteiger partial charge in [-0.2, -0.15) is 18.3 Å². The van der Waals surface area contributed by atoms with Gasteiger partial charge < -0.3 is 10.1 Å². The molecule has 10 heteroatoms. The number of hydrogen-bond donors (Lipinski definition) is 1. The zero-order valence-electron chi connectivity index (χ0n) is 16.9. The molecule has 1 amide bonds. The first kappa shape index (κ1) is 22.4. The molecule has 0 saturated carbocycles. The topological polar surface area (TPSA) is 68.5 Å². The van der Waals surface area contributed by atoms with Crippen molar-refractivity contribution >= 4 is 33.2 Å². The summed E-state index contributed by atoms with van der Waals surface area (Å²) in [5, 5.41) is 6.68. The van der Waals surface area contributed by atoms with Crippen molar-refractivity contribution < 1.29 is 22.7 Å². The summed E-state index contributed by atoms with van der Waals surface area (Å²) in [6, 6.07) is 11.3. The average molecular weight is 515 g/mol. The number of anilines is 1. The summed E-state index contributed by atoms with van der Waals surface area (Å²) in [6.45, 7) is 0. The van der Waals surface area contributed by atoms with E-state index in [0.717, 1.165) is 12.1 Å². The number of ether oxygens (including phenoxy) is 1. The smallest absolute Gasteiger partial charge is 0.416 e. The molecule has 33 heavy (non-hydrogen) atoms. The first-order valence-electron chi connectivity index (χ1n) is 9.42. The van der Waals surface area contributed by atoms with E-state index in [-0.39, 0.29) is 15.7 Å². The minimum Gasteiger partial charge on any atom is -0.495 e. The van der Waals surface area contributed by atoms with E-state index in [2.05, 4.69) is 43.2 Å². The highest BCUT2D eigenvalue weighted by Gasteiger charge is 2.31. The molecule has 0 fully saturated rings. The first-order chi connectivity index (χ1) is 15.7. The molecule has 0 aliphatic carbocycles. The zero-order valence-corrected chi connectivity index (χ0v) is 18.5. The Bertz CT molecular complexity index is 1420. The quantitative estimate of drug-likeness (QED) is 0.383. The van der Waals surface area contributed by atoms with E-state index in [1.807, 2.05) is 0 Å². The molecular formula is C23H14BrF3N4O2. The third-order valence-corrected chi connectivity index (χ3v) is 5.01. The summed E-state index contributed by atoms with van der Waals surface area (Å²) in [7, 11) is 1.47. The molecule has 0 spiro atoms. The molecule has 0 atom stereocenters. The summed E-state index contributed by atoms with van der Waals surface area (Å²) >= 11 is 3.04. The number of fused-ring (bicyclic) bond motifs is 1. The van der Waals surface area contributed by atoms with E-state index in [4.69, 9.17) is 4.74 Å². The van der Waals surface area contributed by atoms with Crippen LogP contribution in [0.15, 0.2) is 65.4 Å². The zero-order chi connectivity index (χ0) is 23.6. The molecule has 0 aliphatic heterocycles.